The molecular formula is C29H39N3O4. The minimum absolute atomic E-state index is 0.286. The van der Waals surface area contributed by atoms with Crippen LogP contribution in [0.25, 0.3) is 5.69 Å². The van der Waals surface area contributed by atoms with Gasteiger partial charge in [-0.1, -0.05) is 30.3 Å². The Morgan fingerprint density at radius 3 is 2.36 bits per heavy atom. The van der Waals surface area contributed by atoms with E-state index in [1.54, 1.807) is 7.11 Å². The van der Waals surface area contributed by atoms with Crippen molar-refractivity contribution in [2.75, 3.05) is 26.8 Å². The molecule has 1 atom stereocenters. The van der Waals surface area contributed by atoms with Crippen molar-refractivity contribution >= 4 is 0 Å². The molecule has 0 aliphatic heterocycles. The van der Waals surface area contributed by atoms with Gasteiger partial charge >= 0.3 is 0 Å². The van der Waals surface area contributed by atoms with Gasteiger partial charge in [-0.3, -0.25) is 4.90 Å². The number of benzene rings is 2. The number of aromatic nitrogens is 2. The van der Waals surface area contributed by atoms with Crippen molar-refractivity contribution in [3.05, 3.63) is 65.9 Å². The van der Waals surface area contributed by atoms with Crippen LogP contribution >= 0.6 is 0 Å². The lowest BCUT2D eigenvalue weighted by Gasteiger charge is -2.27. The highest BCUT2D eigenvalue weighted by Gasteiger charge is 2.29. The maximum absolute atomic E-state index is 10.8. The van der Waals surface area contributed by atoms with E-state index in [0.717, 1.165) is 23.5 Å². The predicted octanol–water partition coefficient (Wildman–Crippen LogP) is 5.37. The van der Waals surface area contributed by atoms with E-state index in [1.807, 2.05) is 87.0 Å². The molecule has 1 aromatic heterocycles. The SMILES string of the molecule is COc1ccccc1Oc1c(CN(CC(O)COC(C)(C)C)CC2CC2)c(C)nn1-c1ccccc1. The van der Waals surface area contributed by atoms with E-state index in [9.17, 15) is 5.11 Å². The number of methoxy groups -OCH3 is 1. The van der Waals surface area contributed by atoms with E-state index in [2.05, 4.69) is 4.90 Å². The van der Waals surface area contributed by atoms with Crippen LogP contribution in [0, 0.1) is 12.8 Å². The van der Waals surface area contributed by atoms with E-state index >= 15 is 0 Å². The van der Waals surface area contributed by atoms with Crippen LogP contribution in [0.2, 0.25) is 0 Å². The number of aliphatic hydroxyl groups excluding tert-OH is 1. The van der Waals surface area contributed by atoms with E-state index in [1.165, 1.54) is 12.8 Å². The fourth-order valence-corrected chi connectivity index (χ4v) is 4.17. The standard InChI is InChI=1S/C29H39N3O4/c1-21-25(19-31(17-22-15-16-22)18-24(33)20-35-29(2,3)4)28(32(30-21)23-11-7-6-8-12-23)36-27-14-10-9-13-26(27)34-5/h6-14,22,24,33H,15-20H2,1-5H3. The molecule has 7 heteroatoms. The number of nitrogens with zero attached hydrogens (tertiary/aromatic N) is 3. The number of hydrogen-bond donors (Lipinski definition) is 1. The van der Waals surface area contributed by atoms with Crippen LogP contribution in [0.5, 0.6) is 17.4 Å². The van der Waals surface area contributed by atoms with Crippen LogP contribution in [0.15, 0.2) is 54.6 Å². The Labute approximate surface area is 214 Å². The Hall–Kier alpha value is -2.87. The summed E-state index contributed by atoms with van der Waals surface area (Å²) in [7, 11) is 1.64. The number of rotatable bonds is 12. The summed E-state index contributed by atoms with van der Waals surface area (Å²) in [6, 6.07) is 17.6. The molecule has 1 aliphatic rings. The average Bonchev–Trinajstić information content (AvgIpc) is 3.62. The zero-order valence-corrected chi connectivity index (χ0v) is 22.1. The van der Waals surface area contributed by atoms with Gasteiger partial charge in [0.15, 0.2) is 11.5 Å². The van der Waals surface area contributed by atoms with Crippen molar-refractivity contribution in [3.63, 3.8) is 0 Å². The van der Waals surface area contributed by atoms with Crippen LogP contribution in [-0.2, 0) is 11.3 Å². The summed E-state index contributed by atoms with van der Waals surface area (Å²) < 4.78 is 19.8. The second-order valence-corrected chi connectivity index (χ2v) is 10.6. The molecule has 7 nitrogen and oxygen atoms in total. The van der Waals surface area contributed by atoms with Gasteiger partial charge in [-0.25, -0.2) is 4.68 Å². The van der Waals surface area contributed by atoms with Crippen LogP contribution in [-0.4, -0.2) is 58.3 Å². The van der Waals surface area contributed by atoms with Gasteiger partial charge in [-0.05, 0) is 70.7 Å². The van der Waals surface area contributed by atoms with Gasteiger partial charge in [0.05, 0.1) is 42.4 Å². The summed E-state index contributed by atoms with van der Waals surface area (Å²) in [5.41, 5.74) is 2.52. The highest BCUT2D eigenvalue weighted by Crippen LogP contribution is 2.37. The Bertz CT molecular complexity index is 1120. The molecule has 36 heavy (non-hydrogen) atoms. The summed E-state index contributed by atoms with van der Waals surface area (Å²) in [5, 5.41) is 15.6. The number of aryl methyl sites for hydroxylation is 1. The number of hydrogen-bond acceptors (Lipinski definition) is 6. The zero-order valence-electron chi connectivity index (χ0n) is 22.1. The highest BCUT2D eigenvalue weighted by atomic mass is 16.5. The smallest absolute Gasteiger partial charge is 0.227 e. The molecule has 4 rings (SSSR count). The summed E-state index contributed by atoms with van der Waals surface area (Å²) in [5.74, 6) is 2.62. The van der Waals surface area contributed by atoms with Crippen molar-refractivity contribution in [3.8, 4) is 23.1 Å². The Morgan fingerprint density at radius 1 is 1.06 bits per heavy atom. The van der Waals surface area contributed by atoms with E-state index < -0.39 is 6.10 Å². The molecule has 0 bridgehead atoms. The van der Waals surface area contributed by atoms with E-state index in [-0.39, 0.29) is 5.60 Å². The molecule has 0 spiro atoms. The first-order valence-electron chi connectivity index (χ1n) is 12.7. The largest absolute Gasteiger partial charge is 0.493 e. The molecule has 1 saturated carbocycles. The molecule has 1 fully saturated rings. The van der Waals surface area contributed by atoms with Crippen molar-refractivity contribution in [1.29, 1.82) is 0 Å². The Kier molecular flexibility index (Phi) is 8.34. The number of aliphatic hydroxyl groups is 1. The summed E-state index contributed by atoms with van der Waals surface area (Å²) in [6.07, 6.45) is 1.89. The molecule has 194 valence electrons. The first-order valence-corrected chi connectivity index (χ1v) is 12.7. The lowest BCUT2D eigenvalue weighted by atomic mass is 10.2. The number of para-hydroxylation sites is 3. The Balaban J connectivity index is 1.64. The molecule has 0 saturated heterocycles. The van der Waals surface area contributed by atoms with Crippen LogP contribution in [0.3, 0.4) is 0 Å². The van der Waals surface area contributed by atoms with Gasteiger partial charge in [-0.15, -0.1) is 0 Å². The number of ether oxygens (including phenoxy) is 3. The third-order valence-electron chi connectivity index (χ3n) is 6.19. The minimum Gasteiger partial charge on any atom is -0.493 e. The van der Waals surface area contributed by atoms with Crippen molar-refractivity contribution in [2.45, 2.75) is 58.8 Å². The van der Waals surface area contributed by atoms with Crippen molar-refractivity contribution in [1.82, 2.24) is 14.7 Å². The molecule has 0 amide bonds. The molecule has 1 N–H and O–H groups in total. The molecule has 1 aliphatic carbocycles. The molecular weight excluding hydrogens is 454 g/mol. The van der Waals surface area contributed by atoms with E-state index in [0.29, 0.717) is 43.0 Å². The van der Waals surface area contributed by atoms with Gasteiger partial charge in [0, 0.05) is 19.6 Å². The summed E-state index contributed by atoms with van der Waals surface area (Å²) in [6.45, 7) is 10.4. The minimum atomic E-state index is -0.578. The molecule has 2 aromatic carbocycles. The lowest BCUT2D eigenvalue weighted by molar-refractivity contribution is -0.0569. The van der Waals surface area contributed by atoms with Gasteiger partial charge in [0.1, 0.15) is 0 Å². The maximum atomic E-state index is 10.8. The second kappa shape index (κ2) is 11.5. The van der Waals surface area contributed by atoms with Crippen molar-refractivity contribution < 1.29 is 19.3 Å². The van der Waals surface area contributed by atoms with Gasteiger partial charge in [0.25, 0.3) is 0 Å². The molecule has 0 radical (unpaired) electrons. The van der Waals surface area contributed by atoms with Gasteiger partial charge < -0.3 is 19.3 Å². The Morgan fingerprint density at radius 2 is 1.72 bits per heavy atom. The monoisotopic (exact) mass is 493 g/mol. The molecule has 3 aromatic rings. The van der Waals surface area contributed by atoms with Crippen LogP contribution in [0.1, 0.15) is 44.9 Å². The lowest BCUT2D eigenvalue weighted by Crippen LogP contribution is -2.37. The van der Waals surface area contributed by atoms with Crippen LogP contribution < -0.4 is 9.47 Å². The fraction of sp³-hybridized carbons (Fsp3) is 0.483. The quantitative estimate of drug-likeness (QED) is 0.366. The normalized spacial score (nSPS) is 14.8. The van der Waals surface area contributed by atoms with Gasteiger partial charge in [0.2, 0.25) is 5.88 Å². The summed E-state index contributed by atoms with van der Waals surface area (Å²) in [4.78, 5) is 2.31. The fourth-order valence-electron chi connectivity index (χ4n) is 4.17. The van der Waals surface area contributed by atoms with Gasteiger partial charge in [-0.2, -0.15) is 5.10 Å². The first-order chi connectivity index (χ1) is 17.2. The second-order valence-electron chi connectivity index (χ2n) is 10.6. The van der Waals surface area contributed by atoms with E-state index in [4.69, 9.17) is 19.3 Å². The topological polar surface area (TPSA) is 69.0 Å². The summed E-state index contributed by atoms with van der Waals surface area (Å²) >= 11 is 0. The van der Waals surface area contributed by atoms with Crippen LogP contribution in [0.4, 0.5) is 0 Å². The molecule has 1 unspecified atom stereocenters. The zero-order chi connectivity index (χ0) is 25.7. The highest BCUT2D eigenvalue weighted by molar-refractivity contribution is 5.47. The first kappa shape index (κ1) is 26.2. The van der Waals surface area contributed by atoms with Crippen molar-refractivity contribution in [2.24, 2.45) is 5.92 Å². The average molecular weight is 494 g/mol. The predicted molar refractivity (Wildman–Crippen MR) is 141 cm³/mol. The third kappa shape index (κ3) is 7.09. The third-order valence-corrected chi connectivity index (χ3v) is 6.19. The maximum Gasteiger partial charge on any atom is 0.227 e. The molecule has 1 heterocycles.